The number of aliphatic carboxylic acids is 2. The number of hydrogen-bond acceptors (Lipinski definition) is 6. The monoisotopic (exact) mass is 574 g/mol. The summed E-state index contributed by atoms with van der Waals surface area (Å²) in [4.78, 5) is 30.2. The van der Waals surface area contributed by atoms with Crippen molar-refractivity contribution in [3.05, 3.63) is 35.9 Å². The number of carboxylic acids is 3. The minimum absolute atomic E-state index is 0. The number of hydrogen-bond donors (Lipinski definition) is 0. The summed E-state index contributed by atoms with van der Waals surface area (Å²) < 4.78 is 0. The summed E-state index contributed by atoms with van der Waals surface area (Å²) in [6.45, 7) is 4.40. The molecule has 0 heterocycles. The Kier molecular flexibility index (Phi) is 37.5. The summed E-state index contributed by atoms with van der Waals surface area (Å²) in [6.07, 6.45) is 25.5. The first-order valence-electron chi connectivity index (χ1n) is 15.5. The van der Waals surface area contributed by atoms with Crippen LogP contribution in [0.1, 0.15) is 165 Å². The van der Waals surface area contributed by atoms with E-state index in [0.29, 0.717) is 0 Å². The van der Waals surface area contributed by atoms with E-state index in [1.807, 2.05) is 0 Å². The van der Waals surface area contributed by atoms with Gasteiger partial charge in [-0.1, -0.05) is 160 Å². The largest absolute Gasteiger partial charge is 3.00 e. The van der Waals surface area contributed by atoms with Gasteiger partial charge in [0.2, 0.25) is 0 Å². The average molecular weight is 575 g/mol. The van der Waals surface area contributed by atoms with Crippen LogP contribution in [0.3, 0.4) is 0 Å². The molecule has 0 aliphatic carbocycles. The summed E-state index contributed by atoms with van der Waals surface area (Å²) >= 11 is 0. The Hall–Kier alpha value is -1.84. The molecule has 40 heavy (non-hydrogen) atoms. The van der Waals surface area contributed by atoms with Crippen LogP contribution >= 0.6 is 0 Å². The SMILES string of the molecule is CCCCCCCC(=O)[O-].CCCCCCCCCCCCCCCCCC(=O)[O-].O=C([O-])c1ccccc1.[Al+3]. The number of aromatic carboxylic acids is 1. The molecule has 0 fully saturated rings. The van der Waals surface area contributed by atoms with Gasteiger partial charge in [-0.05, 0) is 31.2 Å². The fraction of sp³-hybridized carbons (Fsp3) is 0.727. The Morgan fingerprint density at radius 3 is 0.975 bits per heavy atom. The van der Waals surface area contributed by atoms with Gasteiger partial charge in [-0.25, -0.2) is 0 Å². The van der Waals surface area contributed by atoms with E-state index in [1.165, 1.54) is 108 Å². The van der Waals surface area contributed by atoms with Crippen LogP contribution < -0.4 is 15.3 Å². The minimum Gasteiger partial charge on any atom is -0.550 e. The van der Waals surface area contributed by atoms with Crippen molar-refractivity contribution in [2.45, 2.75) is 155 Å². The first-order valence-corrected chi connectivity index (χ1v) is 15.5. The second-order valence-electron chi connectivity index (χ2n) is 10.3. The van der Waals surface area contributed by atoms with E-state index >= 15 is 0 Å². The summed E-state index contributed by atoms with van der Waals surface area (Å²) in [5.74, 6) is -2.95. The van der Waals surface area contributed by atoms with Crippen molar-refractivity contribution in [3.8, 4) is 0 Å². The fourth-order valence-corrected chi connectivity index (χ4v) is 4.09. The molecule has 0 saturated carbocycles. The van der Waals surface area contributed by atoms with Gasteiger partial charge in [-0.3, -0.25) is 0 Å². The topological polar surface area (TPSA) is 120 Å². The predicted molar refractivity (Wildman–Crippen MR) is 159 cm³/mol. The molecule has 0 amide bonds. The molecule has 0 atom stereocenters. The second-order valence-corrected chi connectivity index (χ2v) is 10.3. The maximum atomic E-state index is 10.2. The van der Waals surface area contributed by atoms with Gasteiger partial charge in [0.05, 0.1) is 5.97 Å². The van der Waals surface area contributed by atoms with Crippen LogP contribution in [0.15, 0.2) is 30.3 Å². The summed E-state index contributed by atoms with van der Waals surface area (Å²) in [5, 5.41) is 30.2. The molecule has 0 aromatic heterocycles. The van der Waals surface area contributed by atoms with Crippen molar-refractivity contribution in [3.63, 3.8) is 0 Å². The Morgan fingerprint density at radius 2 is 0.750 bits per heavy atom. The molecule has 0 spiro atoms. The van der Waals surface area contributed by atoms with E-state index < -0.39 is 17.9 Å². The number of carbonyl (C=O) groups is 3. The molecule has 1 aromatic carbocycles. The van der Waals surface area contributed by atoms with Crippen LogP contribution in [0.2, 0.25) is 0 Å². The maximum Gasteiger partial charge on any atom is 3.00 e. The predicted octanol–water partition coefficient (Wildman–Crippen LogP) is 5.76. The number of benzene rings is 1. The van der Waals surface area contributed by atoms with E-state index in [-0.39, 0.29) is 35.8 Å². The molecule has 0 bridgehead atoms. The standard InChI is InChI=1S/C18H36O2.C8H16O2.C7H6O2.Al/c1-2-3-4-5-6-7-8-9-10-11-12-13-14-15-16-17-18(19)20;1-2-3-4-5-6-7-8(9)10;8-7(9)6-4-2-1-3-5-6;/h2-17H2,1H3,(H,19,20);2-7H2,1H3,(H,9,10);1-5H,(H,8,9);/q;;;+3/p-3. The van der Waals surface area contributed by atoms with Crippen LogP contribution in [0, 0.1) is 0 Å². The van der Waals surface area contributed by atoms with Crippen molar-refractivity contribution in [2.75, 3.05) is 0 Å². The third-order valence-corrected chi connectivity index (χ3v) is 6.48. The molecule has 7 heteroatoms. The quantitative estimate of drug-likeness (QED) is 0.121. The zero-order valence-corrected chi connectivity index (χ0v) is 26.6. The van der Waals surface area contributed by atoms with Gasteiger partial charge in [0, 0.05) is 11.9 Å². The summed E-state index contributed by atoms with van der Waals surface area (Å²) in [7, 11) is 0. The molecular formula is C33H55AlO6. The number of carbonyl (C=O) groups excluding carboxylic acids is 3. The maximum absolute atomic E-state index is 10.2. The average Bonchev–Trinajstić information content (AvgIpc) is 2.91. The van der Waals surface area contributed by atoms with Gasteiger partial charge in [-0.2, -0.15) is 0 Å². The zero-order valence-electron chi connectivity index (χ0n) is 25.5. The molecule has 6 nitrogen and oxygen atoms in total. The molecule has 0 unspecified atom stereocenters. The molecular weight excluding hydrogens is 519 g/mol. The van der Waals surface area contributed by atoms with Crippen LogP contribution in [0.5, 0.6) is 0 Å². The molecule has 0 aliphatic rings. The van der Waals surface area contributed by atoms with Crippen LogP contribution in [0.4, 0.5) is 0 Å². The van der Waals surface area contributed by atoms with Crippen LogP contribution in [-0.4, -0.2) is 35.3 Å². The second kappa shape index (κ2) is 35.2. The van der Waals surface area contributed by atoms with Crippen molar-refractivity contribution < 1.29 is 29.7 Å². The molecule has 1 aromatic rings. The number of unbranched alkanes of at least 4 members (excludes halogenated alkanes) is 18. The van der Waals surface area contributed by atoms with Crippen molar-refractivity contribution in [1.82, 2.24) is 0 Å². The number of carboxylic acid groups (broad SMARTS) is 3. The smallest absolute Gasteiger partial charge is 0.550 e. The third kappa shape index (κ3) is 38.3. The van der Waals surface area contributed by atoms with Crippen LogP contribution in [0.25, 0.3) is 0 Å². The summed E-state index contributed by atoms with van der Waals surface area (Å²) in [5.41, 5.74) is 0.220. The summed E-state index contributed by atoms with van der Waals surface area (Å²) in [6, 6.07) is 8.06. The normalized spacial score (nSPS) is 9.85. The number of rotatable bonds is 23. The van der Waals surface area contributed by atoms with E-state index in [0.717, 1.165) is 32.1 Å². The molecule has 1 rings (SSSR count). The molecule has 0 aliphatic heterocycles. The molecule has 226 valence electrons. The van der Waals surface area contributed by atoms with E-state index in [2.05, 4.69) is 13.8 Å². The molecule has 0 radical (unpaired) electrons. The molecule has 0 saturated heterocycles. The Morgan fingerprint density at radius 1 is 0.475 bits per heavy atom. The Bertz CT molecular complexity index is 681. The van der Waals surface area contributed by atoms with Crippen molar-refractivity contribution >= 4 is 35.3 Å². The Labute approximate surface area is 255 Å². The van der Waals surface area contributed by atoms with E-state index in [9.17, 15) is 29.7 Å². The van der Waals surface area contributed by atoms with Gasteiger partial charge in [0.1, 0.15) is 0 Å². The van der Waals surface area contributed by atoms with Gasteiger partial charge in [0.25, 0.3) is 0 Å². The fourth-order valence-electron chi connectivity index (χ4n) is 4.09. The minimum atomic E-state index is -1.13. The molecule has 0 N–H and O–H groups in total. The van der Waals surface area contributed by atoms with E-state index in [1.54, 1.807) is 18.2 Å². The third-order valence-electron chi connectivity index (χ3n) is 6.48. The van der Waals surface area contributed by atoms with Gasteiger partial charge in [-0.15, -0.1) is 0 Å². The van der Waals surface area contributed by atoms with Gasteiger partial charge < -0.3 is 29.7 Å². The van der Waals surface area contributed by atoms with Crippen molar-refractivity contribution in [1.29, 1.82) is 0 Å². The van der Waals surface area contributed by atoms with Crippen LogP contribution in [-0.2, 0) is 9.59 Å². The first-order chi connectivity index (χ1) is 18.8. The van der Waals surface area contributed by atoms with Gasteiger partial charge >= 0.3 is 17.4 Å². The van der Waals surface area contributed by atoms with Gasteiger partial charge in [0.15, 0.2) is 0 Å². The first kappa shape index (κ1) is 42.6. The zero-order chi connectivity index (χ0) is 29.4. The Balaban J connectivity index is -0.000000570. The van der Waals surface area contributed by atoms with E-state index in [4.69, 9.17) is 0 Å². The van der Waals surface area contributed by atoms with Crippen molar-refractivity contribution in [2.24, 2.45) is 0 Å².